The number of benzene rings is 2. The van der Waals surface area contributed by atoms with Gasteiger partial charge in [-0.05, 0) is 24.3 Å². The van der Waals surface area contributed by atoms with Crippen molar-refractivity contribution in [1.82, 2.24) is 0 Å². The van der Waals surface area contributed by atoms with Gasteiger partial charge in [-0.25, -0.2) is 4.39 Å². The van der Waals surface area contributed by atoms with Crippen molar-refractivity contribution in [3.8, 4) is 5.75 Å². The van der Waals surface area contributed by atoms with Gasteiger partial charge < -0.3 is 4.74 Å². The van der Waals surface area contributed by atoms with Gasteiger partial charge in [-0.15, -0.1) is 0 Å². The summed E-state index contributed by atoms with van der Waals surface area (Å²) in [6, 6.07) is 8.87. The number of para-hydroxylation sites is 1. The van der Waals surface area contributed by atoms with Crippen molar-refractivity contribution in [3.05, 3.63) is 63.9 Å². The number of hydrogen-bond donors (Lipinski definition) is 0. The molecule has 0 aliphatic carbocycles. The molecule has 0 spiro atoms. The molecule has 106 valence electrons. The molecule has 0 radical (unpaired) electrons. The van der Waals surface area contributed by atoms with Crippen molar-refractivity contribution in [2.45, 2.75) is 12.8 Å². The molecule has 0 aromatic heterocycles. The van der Waals surface area contributed by atoms with E-state index in [0.29, 0.717) is 10.0 Å². The second-order valence-corrected chi connectivity index (χ2v) is 4.87. The van der Waals surface area contributed by atoms with E-state index in [9.17, 15) is 17.6 Å². The van der Waals surface area contributed by atoms with Gasteiger partial charge in [0.1, 0.15) is 18.2 Å². The maximum atomic E-state index is 12.9. The van der Waals surface area contributed by atoms with Crippen molar-refractivity contribution < 1.29 is 22.3 Å². The fraction of sp³-hybridized carbons (Fsp3) is 0.143. The lowest BCUT2D eigenvalue weighted by Gasteiger charge is -2.14. The Morgan fingerprint density at radius 1 is 1.05 bits per heavy atom. The summed E-state index contributed by atoms with van der Waals surface area (Å²) in [6.07, 6.45) is -4.48. The zero-order chi connectivity index (χ0) is 14.8. The van der Waals surface area contributed by atoms with Gasteiger partial charge in [-0.2, -0.15) is 13.2 Å². The Labute approximate surface area is 121 Å². The van der Waals surface area contributed by atoms with Crippen LogP contribution in [-0.2, 0) is 12.8 Å². The molecule has 2 aromatic carbocycles. The highest BCUT2D eigenvalue weighted by atomic mass is 79.9. The van der Waals surface area contributed by atoms with E-state index in [-0.39, 0.29) is 12.4 Å². The minimum absolute atomic E-state index is 0.0893. The molecule has 0 unspecified atom stereocenters. The Kier molecular flexibility index (Phi) is 4.32. The topological polar surface area (TPSA) is 9.23 Å². The average Bonchev–Trinajstić information content (AvgIpc) is 2.37. The van der Waals surface area contributed by atoms with Crippen LogP contribution in [0.15, 0.2) is 46.9 Å². The Bertz CT molecular complexity index is 610. The fourth-order valence-corrected chi connectivity index (χ4v) is 2.09. The van der Waals surface area contributed by atoms with Crippen LogP contribution in [0.3, 0.4) is 0 Å². The van der Waals surface area contributed by atoms with Crippen LogP contribution >= 0.6 is 15.9 Å². The summed E-state index contributed by atoms with van der Waals surface area (Å²) in [6.45, 7) is -0.0893. The van der Waals surface area contributed by atoms with Crippen LogP contribution in [0, 0.1) is 5.82 Å². The van der Waals surface area contributed by atoms with Gasteiger partial charge in [0.15, 0.2) is 0 Å². The zero-order valence-corrected chi connectivity index (χ0v) is 11.6. The maximum absolute atomic E-state index is 12.9. The van der Waals surface area contributed by atoms with Crippen LogP contribution < -0.4 is 4.74 Å². The van der Waals surface area contributed by atoms with Crippen LogP contribution in [-0.4, -0.2) is 0 Å². The Balaban J connectivity index is 2.19. The van der Waals surface area contributed by atoms with E-state index in [4.69, 9.17) is 4.74 Å². The van der Waals surface area contributed by atoms with E-state index in [0.717, 1.165) is 6.07 Å². The minimum atomic E-state index is -4.48. The smallest absolute Gasteiger partial charge is 0.419 e. The second-order valence-electron chi connectivity index (χ2n) is 4.02. The highest BCUT2D eigenvalue weighted by molar-refractivity contribution is 9.10. The Morgan fingerprint density at radius 3 is 2.40 bits per heavy atom. The lowest BCUT2D eigenvalue weighted by Crippen LogP contribution is -2.08. The van der Waals surface area contributed by atoms with Crippen LogP contribution in [0.4, 0.5) is 17.6 Å². The Hall–Kier alpha value is -1.56. The third kappa shape index (κ3) is 3.50. The molecule has 0 amide bonds. The van der Waals surface area contributed by atoms with Gasteiger partial charge >= 0.3 is 6.18 Å². The molecule has 2 aromatic rings. The van der Waals surface area contributed by atoms with E-state index in [1.807, 2.05) is 0 Å². The SMILES string of the molecule is Fc1ccc(COc2ccccc2C(F)(F)F)c(Br)c1. The molecule has 2 rings (SSSR count). The van der Waals surface area contributed by atoms with E-state index in [1.54, 1.807) is 0 Å². The van der Waals surface area contributed by atoms with Crippen LogP contribution in [0.25, 0.3) is 0 Å². The largest absolute Gasteiger partial charge is 0.488 e. The van der Waals surface area contributed by atoms with E-state index < -0.39 is 17.6 Å². The molecule has 0 heterocycles. The minimum Gasteiger partial charge on any atom is -0.488 e. The molecular formula is C14H9BrF4O. The first-order valence-electron chi connectivity index (χ1n) is 5.61. The van der Waals surface area contributed by atoms with Gasteiger partial charge in [0.25, 0.3) is 0 Å². The number of ether oxygens (including phenoxy) is 1. The zero-order valence-electron chi connectivity index (χ0n) is 10.0. The number of halogens is 5. The van der Waals surface area contributed by atoms with Gasteiger partial charge in [-0.3, -0.25) is 0 Å². The van der Waals surface area contributed by atoms with Gasteiger partial charge in [-0.1, -0.05) is 34.1 Å². The normalized spacial score (nSPS) is 11.4. The maximum Gasteiger partial charge on any atom is 0.419 e. The van der Waals surface area contributed by atoms with Gasteiger partial charge in [0.05, 0.1) is 5.56 Å². The van der Waals surface area contributed by atoms with Crippen molar-refractivity contribution in [1.29, 1.82) is 0 Å². The number of alkyl halides is 3. The fourth-order valence-electron chi connectivity index (χ4n) is 1.62. The highest BCUT2D eigenvalue weighted by Crippen LogP contribution is 2.36. The molecule has 1 nitrogen and oxygen atoms in total. The summed E-state index contributed by atoms with van der Waals surface area (Å²) in [5.74, 6) is -0.687. The Morgan fingerprint density at radius 2 is 1.75 bits per heavy atom. The quantitative estimate of drug-likeness (QED) is 0.694. The molecule has 0 saturated heterocycles. The predicted molar refractivity (Wildman–Crippen MR) is 69.9 cm³/mol. The van der Waals surface area contributed by atoms with Crippen LogP contribution in [0.5, 0.6) is 5.75 Å². The molecule has 0 atom stereocenters. The molecule has 0 N–H and O–H groups in total. The first-order valence-corrected chi connectivity index (χ1v) is 6.40. The van der Waals surface area contributed by atoms with Gasteiger partial charge in [0.2, 0.25) is 0 Å². The summed E-state index contributed by atoms with van der Waals surface area (Å²) in [7, 11) is 0. The molecule has 0 bridgehead atoms. The third-order valence-corrected chi connectivity index (χ3v) is 3.33. The molecule has 0 saturated carbocycles. The van der Waals surface area contributed by atoms with Crippen molar-refractivity contribution in [3.63, 3.8) is 0 Å². The average molecular weight is 349 g/mol. The standard InChI is InChI=1S/C14H9BrF4O/c15-12-7-10(16)6-5-9(12)8-20-13-4-2-1-3-11(13)14(17,18)19/h1-7H,8H2. The van der Waals surface area contributed by atoms with E-state index in [1.165, 1.54) is 36.4 Å². The molecule has 0 aliphatic rings. The summed E-state index contributed by atoms with van der Waals surface area (Å²) in [4.78, 5) is 0. The summed E-state index contributed by atoms with van der Waals surface area (Å²) in [5.41, 5.74) is -0.276. The van der Waals surface area contributed by atoms with Gasteiger partial charge in [0, 0.05) is 10.0 Å². The predicted octanol–water partition coefficient (Wildman–Crippen LogP) is 5.19. The van der Waals surface area contributed by atoms with Crippen LogP contribution in [0.2, 0.25) is 0 Å². The second kappa shape index (κ2) is 5.83. The number of hydrogen-bond acceptors (Lipinski definition) is 1. The van der Waals surface area contributed by atoms with Crippen molar-refractivity contribution in [2.75, 3.05) is 0 Å². The molecule has 0 fully saturated rings. The third-order valence-electron chi connectivity index (χ3n) is 2.59. The lowest BCUT2D eigenvalue weighted by atomic mass is 10.2. The summed E-state index contributed by atoms with van der Waals surface area (Å²) >= 11 is 3.14. The molecule has 20 heavy (non-hydrogen) atoms. The first-order chi connectivity index (χ1) is 9.38. The molecule has 6 heteroatoms. The lowest BCUT2D eigenvalue weighted by molar-refractivity contribution is -0.139. The first kappa shape index (κ1) is 14.8. The van der Waals surface area contributed by atoms with Crippen LogP contribution in [0.1, 0.15) is 11.1 Å². The number of rotatable bonds is 3. The summed E-state index contributed by atoms with van der Waals surface area (Å²) in [5, 5.41) is 0. The molecule has 0 aliphatic heterocycles. The van der Waals surface area contributed by atoms with E-state index in [2.05, 4.69) is 15.9 Å². The summed E-state index contributed by atoms with van der Waals surface area (Å²) < 4.78 is 56.9. The highest BCUT2D eigenvalue weighted by Gasteiger charge is 2.34. The van der Waals surface area contributed by atoms with Crippen molar-refractivity contribution in [2.24, 2.45) is 0 Å². The van der Waals surface area contributed by atoms with E-state index >= 15 is 0 Å². The van der Waals surface area contributed by atoms with Crippen molar-refractivity contribution >= 4 is 15.9 Å². The molecular weight excluding hydrogens is 340 g/mol. The monoisotopic (exact) mass is 348 g/mol.